The molecule has 2 aromatic rings. The molecule has 1 unspecified atom stereocenters. The van der Waals surface area contributed by atoms with Crippen LogP contribution in [-0.4, -0.2) is 68.8 Å². The van der Waals surface area contributed by atoms with E-state index in [0.717, 1.165) is 41.7 Å². The van der Waals surface area contributed by atoms with Gasteiger partial charge in [0.05, 0.1) is 12.7 Å². The van der Waals surface area contributed by atoms with Crippen LogP contribution in [0.5, 0.6) is 5.75 Å². The zero-order valence-electron chi connectivity index (χ0n) is 18.2. The van der Waals surface area contributed by atoms with Crippen molar-refractivity contribution in [3.8, 4) is 5.75 Å². The maximum absolute atomic E-state index is 10.4. The number of benzene rings is 2. The van der Waals surface area contributed by atoms with E-state index in [-0.39, 0.29) is 6.10 Å². The van der Waals surface area contributed by atoms with Gasteiger partial charge in [-0.3, -0.25) is 0 Å². The third-order valence-electron chi connectivity index (χ3n) is 6.62. The fourth-order valence-electron chi connectivity index (χ4n) is 4.56. The summed E-state index contributed by atoms with van der Waals surface area (Å²) >= 11 is 0. The minimum absolute atomic E-state index is 0.140. The van der Waals surface area contributed by atoms with E-state index in [1.807, 2.05) is 49.4 Å². The summed E-state index contributed by atoms with van der Waals surface area (Å²) in [4.78, 5) is 0. The molecule has 1 saturated heterocycles. The molecule has 4 rings (SSSR count). The van der Waals surface area contributed by atoms with E-state index in [4.69, 9.17) is 9.47 Å². The van der Waals surface area contributed by atoms with Crippen LogP contribution in [0.1, 0.15) is 47.6 Å². The largest absolute Gasteiger partial charge is 0.488 e. The van der Waals surface area contributed by atoms with Crippen molar-refractivity contribution >= 4 is 0 Å². The number of aliphatic hydroxyl groups is 5. The monoisotopic (exact) mass is 444 g/mol. The Kier molecular flexibility index (Phi) is 7.14. The molecule has 32 heavy (non-hydrogen) atoms. The Labute approximate surface area is 187 Å². The van der Waals surface area contributed by atoms with Crippen molar-refractivity contribution in [2.24, 2.45) is 0 Å². The van der Waals surface area contributed by atoms with E-state index >= 15 is 0 Å². The second-order valence-corrected chi connectivity index (χ2v) is 8.91. The highest BCUT2D eigenvalue weighted by Crippen LogP contribution is 2.33. The van der Waals surface area contributed by atoms with Gasteiger partial charge in [0.1, 0.15) is 42.4 Å². The van der Waals surface area contributed by atoms with Crippen molar-refractivity contribution in [2.45, 2.75) is 75.3 Å². The molecule has 0 aromatic heterocycles. The number of aliphatic hydroxyl groups excluding tert-OH is 5. The first-order chi connectivity index (χ1) is 15.4. The van der Waals surface area contributed by atoms with Crippen LogP contribution in [0, 0.1) is 6.92 Å². The Morgan fingerprint density at radius 3 is 2.34 bits per heavy atom. The lowest BCUT2D eigenvalue weighted by molar-refractivity contribution is -0.231. The highest BCUT2D eigenvalue weighted by molar-refractivity contribution is 5.38. The van der Waals surface area contributed by atoms with E-state index in [9.17, 15) is 25.5 Å². The van der Waals surface area contributed by atoms with Gasteiger partial charge in [-0.1, -0.05) is 30.3 Å². The summed E-state index contributed by atoms with van der Waals surface area (Å²) in [6.07, 6.45) is -3.11. The highest BCUT2D eigenvalue weighted by Gasteiger charge is 2.44. The van der Waals surface area contributed by atoms with E-state index in [0.29, 0.717) is 12.0 Å². The third kappa shape index (κ3) is 4.83. The fourth-order valence-corrected chi connectivity index (χ4v) is 4.56. The molecule has 0 radical (unpaired) electrons. The second-order valence-electron chi connectivity index (χ2n) is 8.91. The standard InChI is InChI=1S/C25H32O7/c1-14-5-8-16(25-24(30)23(29)22(28)21(13-26)32-25)12-17(14)11-15-6-9-18(10-7-15)31-20-4-2-3-19(20)27/h5-10,12,19-30H,2-4,11,13H2,1H3/t19-,20?,21-,22-,23+,24-,25+/m1/s1. The van der Waals surface area contributed by atoms with E-state index in [1.165, 1.54) is 0 Å². The maximum atomic E-state index is 10.4. The van der Waals surface area contributed by atoms with E-state index in [2.05, 4.69) is 0 Å². The molecule has 2 fully saturated rings. The minimum Gasteiger partial charge on any atom is -0.488 e. The van der Waals surface area contributed by atoms with Crippen molar-refractivity contribution in [1.82, 2.24) is 0 Å². The van der Waals surface area contributed by atoms with Gasteiger partial charge >= 0.3 is 0 Å². The molecule has 1 heterocycles. The molecule has 7 heteroatoms. The van der Waals surface area contributed by atoms with Gasteiger partial charge in [0.15, 0.2) is 0 Å². The van der Waals surface area contributed by atoms with Crippen LogP contribution in [-0.2, 0) is 11.2 Å². The van der Waals surface area contributed by atoms with Gasteiger partial charge in [0.2, 0.25) is 0 Å². The summed E-state index contributed by atoms with van der Waals surface area (Å²) in [7, 11) is 0. The molecule has 1 aliphatic carbocycles. The number of aryl methyl sites for hydroxylation is 1. The van der Waals surface area contributed by atoms with Crippen LogP contribution in [0.15, 0.2) is 42.5 Å². The van der Waals surface area contributed by atoms with Gasteiger partial charge in [-0.25, -0.2) is 0 Å². The maximum Gasteiger partial charge on any atom is 0.124 e. The summed E-state index contributed by atoms with van der Waals surface area (Å²) in [5.74, 6) is 0.742. The van der Waals surface area contributed by atoms with Gasteiger partial charge in [0, 0.05) is 0 Å². The summed E-state index contributed by atoms with van der Waals surface area (Å²) < 4.78 is 11.6. The van der Waals surface area contributed by atoms with Crippen molar-refractivity contribution in [3.05, 3.63) is 64.7 Å². The van der Waals surface area contributed by atoms with Gasteiger partial charge in [-0.15, -0.1) is 0 Å². The fraction of sp³-hybridized carbons (Fsp3) is 0.520. The lowest BCUT2D eigenvalue weighted by Gasteiger charge is -2.40. The molecule has 7 nitrogen and oxygen atoms in total. The predicted molar refractivity (Wildman–Crippen MR) is 117 cm³/mol. The normalized spacial score (nSPS) is 32.8. The Balaban J connectivity index is 1.48. The first-order valence-corrected chi connectivity index (χ1v) is 11.2. The van der Waals surface area contributed by atoms with Crippen LogP contribution in [0.25, 0.3) is 0 Å². The molecule has 1 aliphatic heterocycles. The predicted octanol–water partition coefficient (Wildman–Crippen LogP) is 1.39. The lowest BCUT2D eigenvalue weighted by Crippen LogP contribution is -2.55. The van der Waals surface area contributed by atoms with Crippen LogP contribution < -0.4 is 4.74 Å². The number of hydrogen-bond donors (Lipinski definition) is 5. The SMILES string of the molecule is Cc1ccc([C@@H]2O[C@H](CO)[C@@H](O)[C@H](O)[C@H]2O)cc1Cc1ccc(OC2CCC[C@H]2O)cc1. The molecular formula is C25H32O7. The molecular weight excluding hydrogens is 412 g/mol. The molecule has 174 valence electrons. The summed E-state index contributed by atoms with van der Waals surface area (Å²) in [6, 6.07) is 13.5. The number of hydrogen-bond acceptors (Lipinski definition) is 7. The van der Waals surface area contributed by atoms with Crippen LogP contribution in [0.3, 0.4) is 0 Å². The van der Waals surface area contributed by atoms with E-state index < -0.39 is 43.2 Å². The van der Waals surface area contributed by atoms with Crippen molar-refractivity contribution in [3.63, 3.8) is 0 Å². The summed E-state index contributed by atoms with van der Waals surface area (Å²) in [6.45, 7) is 1.55. The minimum atomic E-state index is -1.40. The average Bonchev–Trinajstić information content (AvgIpc) is 3.19. The first-order valence-electron chi connectivity index (χ1n) is 11.2. The summed E-state index contributed by atoms with van der Waals surface area (Å²) in [5, 5.41) is 50.0. The number of rotatable bonds is 6. The molecule has 0 spiro atoms. The summed E-state index contributed by atoms with van der Waals surface area (Å²) in [5.41, 5.74) is 3.88. The first kappa shape index (κ1) is 23.2. The molecule has 0 bridgehead atoms. The van der Waals surface area contributed by atoms with Crippen LogP contribution >= 0.6 is 0 Å². The Morgan fingerprint density at radius 2 is 1.69 bits per heavy atom. The van der Waals surface area contributed by atoms with Crippen molar-refractivity contribution in [1.29, 1.82) is 0 Å². The second kappa shape index (κ2) is 9.87. The Morgan fingerprint density at radius 1 is 0.938 bits per heavy atom. The van der Waals surface area contributed by atoms with Gasteiger partial charge in [-0.2, -0.15) is 0 Å². The smallest absolute Gasteiger partial charge is 0.124 e. The highest BCUT2D eigenvalue weighted by atomic mass is 16.5. The Bertz CT molecular complexity index is 898. The average molecular weight is 445 g/mol. The third-order valence-corrected chi connectivity index (χ3v) is 6.62. The zero-order chi connectivity index (χ0) is 22.8. The van der Waals surface area contributed by atoms with Gasteiger partial charge < -0.3 is 35.0 Å². The van der Waals surface area contributed by atoms with Crippen LogP contribution in [0.2, 0.25) is 0 Å². The van der Waals surface area contributed by atoms with Gasteiger partial charge in [0.25, 0.3) is 0 Å². The van der Waals surface area contributed by atoms with Gasteiger partial charge in [-0.05, 0) is 67.0 Å². The molecule has 0 amide bonds. The zero-order valence-corrected chi connectivity index (χ0v) is 18.2. The molecule has 7 atom stereocenters. The Hall–Kier alpha value is -2.00. The van der Waals surface area contributed by atoms with Crippen molar-refractivity contribution < 1.29 is 35.0 Å². The number of ether oxygens (including phenoxy) is 2. The van der Waals surface area contributed by atoms with E-state index in [1.54, 1.807) is 0 Å². The molecule has 2 aromatic carbocycles. The quantitative estimate of drug-likeness (QED) is 0.457. The molecule has 5 N–H and O–H groups in total. The van der Waals surface area contributed by atoms with Crippen molar-refractivity contribution in [2.75, 3.05) is 6.61 Å². The lowest BCUT2D eigenvalue weighted by atomic mass is 9.89. The molecule has 1 saturated carbocycles. The molecule has 2 aliphatic rings. The van der Waals surface area contributed by atoms with Crippen LogP contribution in [0.4, 0.5) is 0 Å². The topological polar surface area (TPSA) is 120 Å².